The Morgan fingerprint density at radius 1 is 1.14 bits per heavy atom. The Morgan fingerprint density at radius 2 is 1.93 bits per heavy atom. The van der Waals surface area contributed by atoms with Crippen LogP contribution in [0.15, 0.2) is 30.3 Å². The van der Waals surface area contributed by atoms with Crippen LogP contribution < -0.4 is 4.90 Å². The van der Waals surface area contributed by atoms with Gasteiger partial charge < -0.3 is 4.90 Å². The van der Waals surface area contributed by atoms with E-state index in [4.69, 9.17) is 11.6 Å². The summed E-state index contributed by atoms with van der Waals surface area (Å²) in [6, 6.07) is 9.73. The molecule has 2 aromatic rings. The van der Waals surface area contributed by atoms with Crippen LogP contribution in [0.3, 0.4) is 0 Å². The smallest absolute Gasteiger partial charge is 0.128 e. The van der Waals surface area contributed by atoms with Gasteiger partial charge in [0.2, 0.25) is 0 Å². The molecule has 1 aromatic carbocycles. The highest BCUT2D eigenvalue weighted by Gasteiger charge is 1.99. The Bertz CT molecular complexity index is 466. The van der Waals surface area contributed by atoms with Gasteiger partial charge in [-0.15, -0.1) is 0 Å². The van der Waals surface area contributed by atoms with Crippen LogP contribution in [0.2, 0.25) is 5.02 Å². The van der Waals surface area contributed by atoms with E-state index in [9.17, 15) is 0 Å². The maximum absolute atomic E-state index is 5.88. The van der Waals surface area contributed by atoms with E-state index in [2.05, 4.69) is 4.98 Å². The number of anilines is 1. The van der Waals surface area contributed by atoms with Gasteiger partial charge in [0, 0.05) is 24.5 Å². The highest BCUT2D eigenvalue weighted by molar-refractivity contribution is 6.31. The molecule has 2 nitrogen and oxygen atoms in total. The van der Waals surface area contributed by atoms with Gasteiger partial charge >= 0.3 is 0 Å². The first-order chi connectivity index (χ1) is 6.66. The van der Waals surface area contributed by atoms with Crippen molar-refractivity contribution in [1.82, 2.24) is 4.98 Å². The summed E-state index contributed by atoms with van der Waals surface area (Å²) in [4.78, 5) is 6.46. The number of hydrogen-bond acceptors (Lipinski definition) is 2. The number of hydrogen-bond donors (Lipinski definition) is 0. The van der Waals surface area contributed by atoms with Gasteiger partial charge in [0.1, 0.15) is 5.82 Å². The predicted molar refractivity (Wildman–Crippen MR) is 61.1 cm³/mol. The van der Waals surface area contributed by atoms with E-state index in [-0.39, 0.29) is 0 Å². The number of aromatic nitrogens is 1. The number of rotatable bonds is 1. The second-order valence-electron chi connectivity index (χ2n) is 3.40. The van der Waals surface area contributed by atoms with E-state index in [1.165, 1.54) is 0 Å². The first-order valence-electron chi connectivity index (χ1n) is 4.40. The Balaban J connectivity index is 2.62. The molecule has 0 fully saturated rings. The Hall–Kier alpha value is -1.28. The topological polar surface area (TPSA) is 16.1 Å². The molecular weight excluding hydrogens is 196 g/mol. The minimum absolute atomic E-state index is 0.747. The van der Waals surface area contributed by atoms with Crippen molar-refractivity contribution in [2.75, 3.05) is 19.0 Å². The van der Waals surface area contributed by atoms with Crippen molar-refractivity contribution < 1.29 is 0 Å². The normalized spacial score (nSPS) is 10.5. The van der Waals surface area contributed by atoms with Crippen LogP contribution in [0.1, 0.15) is 0 Å². The summed E-state index contributed by atoms with van der Waals surface area (Å²) in [5, 5.41) is 1.82. The molecule has 0 saturated heterocycles. The molecule has 2 rings (SSSR count). The SMILES string of the molecule is CN(C)c1ccc2cc(Cl)ccc2n1. The van der Waals surface area contributed by atoms with Crippen LogP contribution in [-0.2, 0) is 0 Å². The van der Waals surface area contributed by atoms with Crippen molar-refractivity contribution in [1.29, 1.82) is 0 Å². The quantitative estimate of drug-likeness (QED) is 0.713. The van der Waals surface area contributed by atoms with Crippen LogP contribution in [0.5, 0.6) is 0 Å². The van der Waals surface area contributed by atoms with Gasteiger partial charge in [-0.3, -0.25) is 0 Å². The van der Waals surface area contributed by atoms with Gasteiger partial charge in [-0.05, 0) is 30.3 Å². The monoisotopic (exact) mass is 206 g/mol. The first kappa shape index (κ1) is 9.28. The molecule has 14 heavy (non-hydrogen) atoms. The third-order valence-corrected chi connectivity index (χ3v) is 2.33. The second kappa shape index (κ2) is 3.46. The third kappa shape index (κ3) is 1.66. The van der Waals surface area contributed by atoms with Gasteiger partial charge in [0.15, 0.2) is 0 Å². The summed E-state index contributed by atoms with van der Waals surface area (Å²) in [7, 11) is 3.95. The minimum atomic E-state index is 0.747. The molecule has 72 valence electrons. The van der Waals surface area contributed by atoms with Crippen LogP contribution in [-0.4, -0.2) is 19.1 Å². The summed E-state index contributed by atoms with van der Waals surface area (Å²) in [5.74, 6) is 0.958. The molecule has 0 atom stereocenters. The van der Waals surface area contributed by atoms with Crippen molar-refractivity contribution in [3.63, 3.8) is 0 Å². The van der Waals surface area contributed by atoms with E-state index in [0.29, 0.717) is 0 Å². The summed E-state index contributed by atoms with van der Waals surface area (Å²) < 4.78 is 0. The van der Waals surface area contributed by atoms with Crippen molar-refractivity contribution in [2.24, 2.45) is 0 Å². The molecule has 1 aromatic heterocycles. The lowest BCUT2D eigenvalue weighted by Gasteiger charge is -2.11. The van der Waals surface area contributed by atoms with Crippen molar-refractivity contribution in [3.05, 3.63) is 35.4 Å². The van der Waals surface area contributed by atoms with E-state index in [1.54, 1.807) is 0 Å². The average molecular weight is 207 g/mol. The summed E-state index contributed by atoms with van der Waals surface area (Å²) in [6.07, 6.45) is 0. The average Bonchev–Trinajstić information content (AvgIpc) is 2.16. The van der Waals surface area contributed by atoms with Gasteiger partial charge in [0.05, 0.1) is 5.52 Å². The zero-order valence-corrected chi connectivity index (χ0v) is 8.92. The second-order valence-corrected chi connectivity index (χ2v) is 3.84. The molecule has 0 bridgehead atoms. The van der Waals surface area contributed by atoms with Gasteiger partial charge in [-0.25, -0.2) is 4.98 Å². The number of fused-ring (bicyclic) bond motifs is 1. The van der Waals surface area contributed by atoms with E-state index < -0.39 is 0 Å². The van der Waals surface area contributed by atoms with E-state index in [0.717, 1.165) is 21.7 Å². The molecule has 0 spiro atoms. The molecule has 0 aliphatic rings. The highest BCUT2D eigenvalue weighted by Crippen LogP contribution is 2.20. The summed E-state index contributed by atoms with van der Waals surface area (Å²) in [5.41, 5.74) is 0.973. The lowest BCUT2D eigenvalue weighted by molar-refractivity contribution is 1.08. The molecule has 0 unspecified atom stereocenters. The van der Waals surface area contributed by atoms with Crippen molar-refractivity contribution in [3.8, 4) is 0 Å². The molecular formula is C11H11ClN2. The molecule has 0 amide bonds. The number of pyridine rings is 1. The van der Waals surface area contributed by atoms with Gasteiger partial charge in [-0.2, -0.15) is 0 Å². The zero-order valence-electron chi connectivity index (χ0n) is 8.16. The van der Waals surface area contributed by atoms with E-state index >= 15 is 0 Å². The lowest BCUT2D eigenvalue weighted by atomic mass is 10.2. The number of halogens is 1. The summed E-state index contributed by atoms with van der Waals surface area (Å²) in [6.45, 7) is 0. The molecule has 0 saturated carbocycles. The molecule has 1 heterocycles. The maximum atomic E-state index is 5.88. The fraction of sp³-hybridized carbons (Fsp3) is 0.182. The highest BCUT2D eigenvalue weighted by atomic mass is 35.5. The molecule has 3 heteroatoms. The first-order valence-corrected chi connectivity index (χ1v) is 4.78. The van der Waals surface area contributed by atoms with Crippen molar-refractivity contribution >= 4 is 28.3 Å². The maximum Gasteiger partial charge on any atom is 0.128 e. The summed E-state index contributed by atoms with van der Waals surface area (Å²) >= 11 is 5.88. The third-order valence-electron chi connectivity index (χ3n) is 2.09. The van der Waals surface area contributed by atoms with Crippen LogP contribution >= 0.6 is 11.6 Å². The molecule has 0 radical (unpaired) electrons. The largest absolute Gasteiger partial charge is 0.363 e. The Labute approximate surface area is 88.1 Å². The minimum Gasteiger partial charge on any atom is -0.363 e. The molecule has 0 aliphatic heterocycles. The number of benzene rings is 1. The molecule has 0 aliphatic carbocycles. The standard InChI is InChI=1S/C11H11ClN2/c1-14(2)11-6-3-8-7-9(12)4-5-10(8)13-11/h3-7H,1-2H3. The van der Waals surface area contributed by atoms with E-state index in [1.807, 2.05) is 49.3 Å². The predicted octanol–water partition coefficient (Wildman–Crippen LogP) is 2.95. The lowest BCUT2D eigenvalue weighted by Crippen LogP contribution is -2.10. The van der Waals surface area contributed by atoms with Gasteiger partial charge in [0.25, 0.3) is 0 Å². The van der Waals surface area contributed by atoms with Crippen LogP contribution in [0, 0.1) is 0 Å². The fourth-order valence-electron chi connectivity index (χ4n) is 1.33. The molecule has 0 N–H and O–H groups in total. The fourth-order valence-corrected chi connectivity index (χ4v) is 1.52. The van der Waals surface area contributed by atoms with Gasteiger partial charge in [-0.1, -0.05) is 11.6 Å². The van der Waals surface area contributed by atoms with Crippen LogP contribution in [0.25, 0.3) is 10.9 Å². The van der Waals surface area contributed by atoms with Crippen LogP contribution in [0.4, 0.5) is 5.82 Å². The zero-order chi connectivity index (χ0) is 10.1. The Kier molecular flexibility index (Phi) is 2.30. The van der Waals surface area contributed by atoms with Crippen molar-refractivity contribution in [2.45, 2.75) is 0 Å². The number of nitrogens with zero attached hydrogens (tertiary/aromatic N) is 2. The Morgan fingerprint density at radius 3 is 2.64 bits per heavy atom.